The van der Waals surface area contributed by atoms with Gasteiger partial charge in [0.2, 0.25) is 0 Å². The summed E-state index contributed by atoms with van der Waals surface area (Å²) in [5.74, 6) is -2.25. The fourth-order valence-electron chi connectivity index (χ4n) is 1.61. The molecule has 9 heteroatoms. The molecule has 19 heavy (non-hydrogen) atoms. The van der Waals surface area contributed by atoms with Crippen LogP contribution in [0.25, 0.3) is 11.0 Å². The molecule has 2 aromatic heterocycles. The maximum atomic E-state index is 12.5. The second kappa shape index (κ2) is 4.38. The van der Waals surface area contributed by atoms with Gasteiger partial charge in [0.15, 0.2) is 11.6 Å². The average Bonchev–Trinajstić information content (AvgIpc) is 2.69. The Hall–Kier alpha value is -2.37. The summed E-state index contributed by atoms with van der Waals surface area (Å²) in [7, 11) is 1.56. The molecule has 6 nitrogen and oxygen atoms in total. The van der Waals surface area contributed by atoms with Crippen molar-refractivity contribution in [3.05, 3.63) is 22.9 Å². The van der Waals surface area contributed by atoms with Crippen LogP contribution in [0.5, 0.6) is 0 Å². The van der Waals surface area contributed by atoms with Gasteiger partial charge in [-0.1, -0.05) is 0 Å². The summed E-state index contributed by atoms with van der Waals surface area (Å²) in [5.41, 5.74) is -0.371. The Labute approximate surface area is 104 Å². The summed E-state index contributed by atoms with van der Waals surface area (Å²) in [6.45, 7) is -0.781. The fourth-order valence-corrected chi connectivity index (χ4v) is 1.61. The third kappa shape index (κ3) is 2.29. The lowest BCUT2D eigenvalue weighted by molar-refractivity contribution is -0.162. The summed E-state index contributed by atoms with van der Waals surface area (Å²) in [5, 5.41) is 12.4. The quantitative estimate of drug-likeness (QED) is 0.810. The molecule has 0 fully saturated rings. The first-order valence-corrected chi connectivity index (χ1v) is 5.18. The van der Waals surface area contributed by atoms with Crippen molar-refractivity contribution in [2.45, 2.75) is 12.7 Å². The number of fused-ring (bicyclic) bond motifs is 1. The van der Waals surface area contributed by atoms with Gasteiger partial charge in [-0.2, -0.15) is 23.5 Å². The van der Waals surface area contributed by atoms with Crippen molar-refractivity contribution in [2.24, 2.45) is 13.0 Å². The van der Waals surface area contributed by atoms with Crippen molar-refractivity contribution in [1.29, 1.82) is 5.26 Å². The Morgan fingerprint density at radius 1 is 1.53 bits per heavy atom. The molecule has 1 atom stereocenters. The zero-order valence-electron chi connectivity index (χ0n) is 9.72. The molecule has 2 heterocycles. The molecule has 0 spiro atoms. The highest BCUT2D eigenvalue weighted by Gasteiger charge is 2.40. The van der Waals surface area contributed by atoms with Gasteiger partial charge < -0.3 is 0 Å². The molecule has 0 saturated carbocycles. The molecule has 0 saturated heterocycles. The van der Waals surface area contributed by atoms with Crippen LogP contribution in [0.1, 0.15) is 0 Å². The summed E-state index contributed by atoms with van der Waals surface area (Å²) in [4.78, 5) is 15.8. The monoisotopic (exact) mass is 271 g/mol. The summed E-state index contributed by atoms with van der Waals surface area (Å²) >= 11 is 0. The van der Waals surface area contributed by atoms with E-state index in [4.69, 9.17) is 5.26 Å². The largest absolute Gasteiger partial charge is 0.406 e. The van der Waals surface area contributed by atoms with Crippen LogP contribution in [0.3, 0.4) is 0 Å². The zero-order valence-corrected chi connectivity index (χ0v) is 9.72. The third-order valence-electron chi connectivity index (χ3n) is 2.65. The molecular weight excluding hydrogens is 263 g/mol. The van der Waals surface area contributed by atoms with E-state index in [1.54, 1.807) is 7.05 Å². The second-order valence-electron chi connectivity index (χ2n) is 3.93. The molecular formula is C10H8F3N5O. The summed E-state index contributed by atoms with van der Waals surface area (Å²) in [6.07, 6.45) is -2.46. The zero-order chi connectivity index (χ0) is 14.2. The number of rotatable bonds is 2. The molecule has 0 aliphatic carbocycles. The highest BCUT2D eigenvalue weighted by Crippen LogP contribution is 2.26. The Morgan fingerprint density at radius 3 is 2.79 bits per heavy atom. The minimum atomic E-state index is -4.68. The van der Waals surface area contributed by atoms with Crippen molar-refractivity contribution in [3.8, 4) is 6.07 Å². The third-order valence-corrected chi connectivity index (χ3v) is 2.65. The topological polar surface area (TPSA) is 76.5 Å². The standard InChI is InChI=1S/C10H8F3N5O/c1-17-8-7(3-16-17)9(19)18(5-15-8)4-6(2-14)10(11,12)13/h3,5-6H,4H2,1H3. The lowest BCUT2D eigenvalue weighted by Gasteiger charge is -2.14. The van der Waals surface area contributed by atoms with Crippen molar-refractivity contribution in [1.82, 2.24) is 19.3 Å². The summed E-state index contributed by atoms with van der Waals surface area (Å²) in [6, 6.07) is 1.14. The SMILES string of the molecule is Cn1ncc2c(=O)n(CC(C#N)C(F)(F)F)cnc21. The number of halogens is 3. The highest BCUT2D eigenvalue weighted by atomic mass is 19.4. The van der Waals surface area contributed by atoms with Crippen molar-refractivity contribution in [3.63, 3.8) is 0 Å². The van der Waals surface area contributed by atoms with Gasteiger partial charge in [0.25, 0.3) is 5.56 Å². The van der Waals surface area contributed by atoms with E-state index in [2.05, 4.69) is 10.1 Å². The molecule has 0 aromatic carbocycles. The first-order valence-electron chi connectivity index (χ1n) is 5.18. The molecule has 0 amide bonds. The van der Waals surface area contributed by atoms with Gasteiger partial charge in [-0.05, 0) is 0 Å². The lowest BCUT2D eigenvalue weighted by Crippen LogP contribution is -2.31. The van der Waals surface area contributed by atoms with Gasteiger partial charge in [0, 0.05) is 7.05 Å². The Kier molecular flexibility index (Phi) is 3.01. The number of aromatic nitrogens is 4. The van der Waals surface area contributed by atoms with Crippen LogP contribution in [0.2, 0.25) is 0 Å². The number of hydrogen-bond donors (Lipinski definition) is 0. The molecule has 2 rings (SSSR count). The van der Waals surface area contributed by atoms with Crippen molar-refractivity contribution in [2.75, 3.05) is 0 Å². The molecule has 1 unspecified atom stereocenters. The Balaban J connectivity index is 2.45. The van der Waals surface area contributed by atoms with E-state index in [0.717, 1.165) is 17.0 Å². The summed E-state index contributed by atoms with van der Waals surface area (Å²) < 4.78 is 39.6. The van der Waals surface area contributed by atoms with Crippen LogP contribution >= 0.6 is 0 Å². The molecule has 0 aliphatic rings. The molecule has 2 aromatic rings. The maximum absolute atomic E-state index is 12.5. The van der Waals surface area contributed by atoms with Gasteiger partial charge in [-0.3, -0.25) is 14.0 Å². The molecule has 0 radical (unpaired) electrons. The van der Waals surface area contributed by atoms with Crippen LogP contribution in [-0.4, -0.2) is 25.5 Å². The van der Waals surface area contributed by atoms with E-state index in [1.165, 1.54) is 10.9 Å². The predicted octanol–water partition coefficient (Wildman–Crippen LogP) is 0.832. The second-order valence-corrected chi connectivity index (χ2v) is 3.93. The van der Waals surface area contributed by atoms with E-state index in [1.807, 2.05) is 0 Å². The Morgan fingerprint density at radius 2 is 2.21 bits per heavy atom. The van der Waals surface area contributed by atoms with E-state index < -0.39 is 24.2 Å². The first-order chi connectivity index (χ1) is 8.84. The number of alkyl halides is 3. The predicted molar refractivity (Wildman–Crippen MR) is 57.9 cm³/mol. The number of aryl methyl sites for hydroxylation is 1. The fraction of sp³-hybridized carbons (Fsp3) is 0.400. The van der Waals surface area contributed by atoms with Crippen molar-refractivity contribution < 1.29 is 13.2 Å². The number of hydrogen-bond acceptors (Lipinski definition) is 4. The van der Waals surface area contributed by atoms with Crippen LogP contribution in [-0.2, 0) is 13.6 Å². The number of nitriles is 1. The average molecular weight is 271 g/mol. The van der Waals surface area contributed by atoms with Gasteiger partial charge in [-0.15, -0.1) is 0 Å². The van der Waals surface area contributed by atoms with Crippen LogP contribution in [0, 0.1) is 17.2 Å². The highest BCUT2D eigenvalue weighted by molar-refractivity contribution is 5.72. The van der Waals surface area contributed by atoms with Crippen LogP contribution in [0.4, 0.5) is 13.2 Å². The first kappa shape index (κ1) is 13.1. The van der Waals surface area contributed by atoms with Gasteiger partial charge in [-0.25, -0.2) is 4.98 Å². The van der Waals surface area contributed by atoms with Crippen LogP contribution < -0.4 is 5.56 Å². The normalized spacial score (nSPS) is 13.4. The molecule has 0 bridgehead atoms. The minimum Gasteiger partial charge on any atom is -0.297 e. The van der Waals surface area contributed by atoms with E-state index in [-0.39, 0.29) is 11.0 Å². The van der Waals surface area contributed by atoms with Gasteiger partial charge in [0.1, 0.15) is 11.7 Å². The van der Waals surface area contributed by atoms with Gasteiger partial charge in [0.05, 0.1) is 18.8 Å². The van der Waals surface area contributed by atoms with E-state index in [9.17, 15) is 18.0 Å². The molecule has 0 aliphatic heterocycles. The number of nitrogens with zero attached hydrogens (tertiary/aromatic N) is 5. The van der Waals surface area contributed by atoms with E-state index in [0.29, 0.717) is 0 Å². The Bertz CT molecular complexity index is 708. The van der Waals surface area contributed by atoms with E-state index >= 15 is 0 Å². The lowest BCUT2D eigenvalue weighted by atomic mass is 10.1. The maximum Gasteiger partial charge on any atom is 0.406 e. The minimum absolute atomic E-state index is 0.115. The van der Waals surface area contributed by atoms with Crippen LogP contribution in [0.15, 0.2) is 17.3 Å². The molecule has 100 valence electrons. The van der Waals surface area contributed by atoms with Crippen molar-refractivity contribution >= 4 is 11.0 Å². The molecule has 0 N–H and O–H groups in total. The van der Waals surface area contributed by atoms with Gasteiger partial charge >= 0.3 is 6.18 Å². The smallest absolute Gasteiger partial charge is 0.297 e.